The maximum Gasteiger partial charge on any atom is 0.154 e. The summed E-state index contributed by atoms with van der Waals surface area (Å²) in [4.78, 5) is 0. The predicted octanol–water partition coefficient (Wildman–Crippen LogP) is 3.03. The third-order valence-electron chi connectivity index (χ3n) is 2.62. The van der Waals surface area contributed by atoms with E-state index in [0.29, 0.717) is 23.6 Å². The first-order valence-electron chi connectivity index (χ1n) is 6.38. The zero-order valence-electron chi connectivity index (χ0n) is 11.7. The molecule has 5 heteroatoms. The third-order valence-corrected chi connectivity index (χ3v) is 4.65. The highest BCUT2D eigenvalue weighted by Crippen LogP contribution is 2.18. The Balaban J connectivity index is 2.47. The molecule has 1 N–H and O–H groups in total. The summed E-state index contributed by atoms with van der Waals surface area (Å²) in [5.41, 5.74) is 0.694. The van der Waals surface area contributed by atoms with Crippen LogP contribution < -0.4 is 5.32 Å². The van der Waals surface area contributed by atoms with Gasteiger partial charge in [-0.1, -0.05) is 29.8 Å². The van der Waals surface area contributed by atoms with E-state index in [1.165, 1.54) is 0 Å². The first-order valence-corrected chi connectivity index (χ1v) is 8.58. The smallest absolute Gasteiger partial charge is 0.154 e. The van der Waals surface area contributed by atoms with Gasteiger partial charge in [0, 0.05) is 10.6 Å². The van der Waals surface area contributed by atoms with Crippen LogP contribution in [-0.4, -0.2) is 26.3 Å². The summed E-state index contributed by atoms with van der Waals surface area (Å²) in [7, 11) is -3.10. The monoisotopic (exact) mass is 303 g/mol. The molecule has 0 fully saturated rings. The molecule has 0 aliphatic carbocycles. The SMILES string of the molecule is CC(C)(C)NCCCS(=O)(=O)Cc1ccccc1Cl. The van der Waals surface area contributed by atoms with Crippen LogP contribution in [0.15, 0.2) is 24.3 Å². The molecule has 3 nitrogen and oxygen atoms in total. The fraction of sp³-hybridized carbons (Fsp3) is 0.571. The molecule has 0 saturated heterocycles. The highest BCUT2D eigenvalue weighted by Gasteiger charge is 2.14. The minimum absolute atomic E-state index is 0.0161. The average Bonchev–Trinajstić information content (AvgIpc) is 2.26. The van der Waals surface area contributed by atoms with Gasteiger partial charge < -0.3 is 5.32 Å². The minimum atomic E-state index is -3.10. The van der Waals surface area contributed by atoms with Gasteiger partial charge in [-0.3, -0.25) is 0 Å². The highest BCUT2D eigenvalue weighted by molar-refractivity contribution is 7.90. The summed E-state index contributed by atoms with van der Waals surface area (Å²) in [5, 5.41) is 3.79. The number of hydrogen-bond acceptors (Lipinski definition) is 3. The molecule has 0 saturated carbocycles. The topological polar surface area (TPSA) is 46.2 Å². The average molecular weight is 304 g/mol. The van der Waals surface area contributed by atoms with E-state index in [4.69, 9.17) is 11.6 Å². The van der Waals surface area contributed by atoms with E-state index in [-0.39, 0.29) is 17.0 Å². The highest BCUT2D eigenvalue weighted by atomic mass is 35.5. The van der Waals surface area contributed by atoms with Crippen molar-refractivity contribution in [2.75, 3.05) is 12.3 Å². The van der Waals surface area contributed by atoms with Crippen LogP contribution in [0.2, 0.25) is 5.02 Å². The molecule has 0 bridgehead atoms. The van der Waals surface area contributed by atoms with Gasteiger partial charge in [-0.15, -0.1) is 0 Å². The molecule has 108 valence electrons. The summed E-state index contributed by atoms with van der Waals surface area (Å²) in [6, 6.07) is 7.07. The van der Waals surface area contributed by atoms with Crippen molar-refractivity contribution < 1.29 is 8.42 Å². The van der Waals surface area contributed by atoms with E-state index in [9.17, 15) is 8.42 Å². The molecule has 1 aromatic carbocycles. The Hall–Kier alpha value is -0.580. The maximum absolute atomic E-state index is 12.0. The van der Waals surface area contributed by atoms with E-state index in [1.807, 2.05) is 0 Å². The Labute approximate surface area is 121 Å². The molecule has 1 rings (SSSR count). The Morgan fingerprint density at radius 2 is 1.84 bits per heavy atom. The van der Waals surface area contributed by atoms with E-state index >= 15 is 0 Å². The number of hydrogen-bond donors (Lipinski definition) is 1. The van der Waals surface area contributed by atoms with Crippen molar-refractivity contribution >= 4 is 21.4 Å². The van der Waals surface area contributed by atoms with Gasteiger partial charge in [0.05, 0.1) is 11.5 Å². The normalized spacial score (nSPS) is 12.6. The van der Waals surface area contributed by atoms with Gasteiger partial charge in [-0.25, -0.2) is 8.42 Å². The van der Waals surface area contributed by atoms with Gasteiger partial charge in [0.15, 0.2) is 9.84 Å². The molecule has 1 aromatic rings. The van der Waals surface area contributed by atoms with Crippen LogP contribution in [-0.2, 0) is 15.6 Å². The van der Waals surface area contributed by atoms with E-state index in [0.717, 1.165) is 0 Å². The van der Waals surface area contributed by atoms with Gasteiger partial charge in [0.2, 0.25) is 0 Å². The molecule has 0 aliphatic heterocycles. The second-order valence-corrected chi connectivity index (χ2v) is 8.31. The van der Waals surface area contributed by atoms with Crippen LogP contribution in [0, 0.1) is 0 Å². The van der Waals surface area contributed by atoms with Crippen molar-refractivity contribution in [1.82, 2.24) is 5.32 Å². The lowest BCUT2D eigenvalue weighted by Gasteiger charge is -2.20. The minimum Gasteiger partial charge on any atom is -0.312 e. The fourth-order valence-corrected chi connectivity index (χ4v) is 3.42. The molecule has 0 atom stereocenters. The Bertz CT molecular complexity index is 506. The molecule has 0 amide bonds. The van der Waals surface area contributed by atoms with Crippen LogP contribution in [0.3, 0.4) is 0 Å². The Morgan fingerprint density at radius 1 is 1.21 bits per heavy atom. The molecule has 0 heterocycles. The molecular formula is C14H22ClNO2S. The van der Waals surface area contributed by atoms with Crippen LogP contribution in [0.5, 0.6) is 0 Å². The number of sulfone groups is 1. The lowest BCUT2D eigenvalue weighted by atomic mass is 10.1. The predicted molar refractivity (Wildman–Crippen MR) is 81.3 cm³/mol. The quantitative estimate of drug-likeness (QED) is 0.822. The first-order chi connectivity index (χ1) is 8.70. The van der Waals surface area contributed by atoms with Gasteiger partial charge in [0.25, 0.3) is 0 Å². The molecule has 19 heavy (non-hydrogen) atoms. The van der Waals surface area contributed by atoms with Gasteiger partial charge in [-0.2, -0.15) is 0 Å². The van der Waals surface area contributed by atoms with Crippen molar-refractivity contribution in [2.45, 2.75) is 38.5 Å². The van der Waals surface area contributed by atoms with Crippen molar-refractivity contribution in [3.8, 4) is 0 Å². The van der Waals surface area contributed by atoms with Crippen molar-refractivity contribution in [1.29, 1.82) is 0 Å². The molecule has 0 aliphatic rings. The zero-order chi connectivity index (χ0) is 14.5. The van der Waals surface area contributed by atoms with Gasteiger partial charge >= 0.3 is 0 Å². The summed E-state index contributed by atoms with van der Waals surface area (Å²) in [6.45, 7) is 6.88. The van der Waals surface area contributed by atoms with Crippen molar-refractivity contribution in [3.05, 3.63) is 34.9 Å². The molecule has 0 spiro atoms. The molecule has 0 radical (unpaired) electrons. The summed E-state index contributed by atoms with van der Waals surface area (Å²) in [6.07, 6.45) is 0.615. The van der Waals surface area contributed by atoms with E-state index < -0.39 is 9.84 Å². The second-order valence-electron chi connectivity index (χ2n) is 5.71. The lowest BCUT2D eigenvalue weighted by molar-refractivity contribution is 0.426. The molecule has 0 unspecified atom stereocenters. The summed E-state index contributed by atoms with van der Waals surface area (Å²) >= 11 is 5.97. The third kappa shape index (κ3) is 6.95. The van der Waals surface area contributed by atoms with Crippen molar-refractivity contribution in [2.24, 2.45) is 0 Å². The largest absolute Gasteiger partial charge is 0.312 e. The number of benzene rings is 1. The van der Waals surface area contributed by atoms with Crippen molar-refractivity contribution in [3.63, 3.8) is 0 Å². The maximum atomic E-state index is 12.0. The van der Waals surface area contributed by atoms with E-state index in [1.54, 1.807) is 24.3 Å². The van der Waals surface area contributed by atoms with Crippen LogP contribution in [0.1, 0.15) is 32.8 Å². The lowest BCUT2D eigenvalue weighted by Crippen LogP contribution is -2.37. The summed E-state index contributed by atoms with van der Waals surface area (Å²) in [5.74, 6) is 0.198. The fourth-order valence-electron chi connectivity index (χ4n) is 1.68. The zero-order valence-corrected chi connectivity index (χ0v) is 13.3. The molecular weight excluding hydrogens is 282 g/mol. The van der Waals surface area contributed by atoms with Gasteiger partial charge in [0.1, 0.15) is 0 Å². The Morgan fingerprint density at radius 3 is 2.42 bits per heavy atom. The van der Waals surface area contributed by atoms with E-state index in [2.05, 4.69) is 26.1 Å². The second kappa shape index (κ2) is 6.73. The standard InChI is InChI=1S/C14H22ClNO2S/c1-14(2,3)16-9-6-10-19(17,18)11-12-7-4-5-8-13(12)15/h4-5,7-8,16H,6,9-11H2,1-3H3. The van der Waals surface area contributed by atoms with Crippen LogP contribution in [0.25, 0.3) is 0 Å². The number of nitrogens with one attached hydrogen (secondary N) is 1. The van der Waals surface area contributed by atoms with Crippen LogP contribution >= 0.6 is 11.6 Å². The molecule has 0 aromatic heterocycles. The first kappa shape index (κ1) is 16.5. The Kier molecular flexibility index (Phi) is 5.83. The van der Waals surface area contributed by atoms with Crippen LogP contribution in [0.4, 0.5) is 0 Å². The number of halogens is 1. The summed E-state index contributed by atoms with van der Waals surface area (Å²) < 4.78 is 24.0. The number of rotatable bonds is 6. The van der Waals surface area contributed by atoms with Gasteiger partial charge in [-0.05, 0) is 45.4 Å².